The van der Waals surface area contributed by atoms with Gasteiger partial charge >= 0.3 is 0 Å². The Kier molecular flexibility index (Phi) is 3.67. The van der Waals surface area contributed by atoms with Crippen LogP contribution >= 0.6 is 0 Å². The predicted octanol–water partition coefficient (Wildman–Crippen LogP) is 0.672. The fourth-order valence-electron chi connectivity index (χ4n) is 1.66. The quantitative estimate of drug-likeness (QED) is 0.468. The zero-order valence-electron chi connectivity index (χ0n) is 10.7. The van der Waals surface area contributed by atoms with E-state index >= 15 is 0 Å². The van der Waals surface area contributed by atoms with E-state index in [0.717, 1.165) is 36.4 Å². The summed E-state index contributed by atoms with van der Waals surface area (Å²) in [6.07, 6.45) is 0. The maximum atomic E-state index is 12.2. The fraction of sp³-hybridized carbons (Fsp3) is 0. The number of hydrogen-bond donors (Lipinski definition) is 4. The Morgan fingerprint density at radius 3 is 1.23 bits per heavy atom. The molecule has 0 aliphatic rings. The Hall–Kier alpha value is -2.46. The highest BCUT2D eigenvalue weighted by molar-refractivity contribution is 8.67. The van der Waals surface area contributed by atoms with Crippen molar-refractivity contribution in [2.24, 2.45) is 0 Å². The van der Waals surface area contributed by atoms with Crippen LogP contribution in [0.1, 0.15) is 0 Å². The summed E-state index contributed by atoms with van der Waals surface area (Å²) >= 11 is 0. The van der Waals surface area contributed by atoms with Crippen LogP contribution in [0.25, 0.3) is 0 Å². The second kappa shape index (κ2) is 5.07. The van der Waals surface area contributed by atoms with E-state index in [1.807, 2.05) is 0 Å². The predicted molar refractivity (Wildman–Crippen MR) is 73.9 cm³/mol. The van der Waals surface area contributed by atoms with Gasteiger partial charge in [-0.2, -0.15) is 0 Å². The summed E-state index contributed by atoms with van der Waals surface area (Å²) in [6.45, 7) is 0. The van der Waals surface area contributed by atoms with E-state index in [0.29, 0.717) is 0 Å². The molecule has 0 heterocycles. The maximum absolute atomic E-state index is 12.2. The molecule has 0 aliphatic heterocycles. The molecule has 10 heteroatoms. The Labute approximate surface area is 124 Å². The van der Waals surface area contributed by atoms with E-state index in [1.54, 1.807) is 0 Å². The first-order valence-electron chi connectivity index (χ1n) is 5.62. The van der Waals surface area contributed by atoms with Crippen molar-refractivity contribution in [3.63, 3.8) is 0 Å². The summed E-state index contributed by atoms with van der Waals surface area (Å²) in [4.78, 5) is -2.09. The molecule has 0 bridgehead atoms. The normalized spacial score (nSPS) is 12.2. The van der Waals surface area contributed by atoms with Gasteiger partial charge in [0.05, 0.1) is 0 Å². The van der Waals surface area contributed by atoms with Gasteiger partial charge in [-0.3, -0.25) is 0 Å². The van der Waals surface area contributed by atoms with E-state index < -0.39 is 50.5 Å². The van der Waals surface area contributed by atoms with Crippen molar-refractivity contribution < 1.29 is 37.3 Å². The molecule has 0 aliphatic carbocycles. The first-order chi connectivity index (χ1) is 10.1. The van der Waals surface area contributed by atoms with Crippen LogP contribution in [0.15, 0.2) is 46.2 Å². The van der Waals surface area contributed by atoms with Crippen molar-refractivity contribution in [3.05, 3.63) is 36.4 Å². The van der Waals surface area contributed by atoms with Crippen molar-refractivity contribution >= 4 is 17.7 Å². The lowest BCUT2D eigenvalue weighted by atomic mass is 10.3. The van der Waals surface area contributed by atoms with Gasteiger partial charge in [-0.1, -0.05) is 12.1 Å². The molecule has 2 aromatic carbocycles. The topological polar surface area (TPSA) is 149 Å². The largest absolute Gasteiger partial charge is 0.504 e. The smallest absolute Gasteiger partial charge is 0.290 e. The lowest BCUT2D eigenvalue weighted by molar-refractivity contribution is 0.392. The molecule has 0 saturated carbocycles. The van der Waals surface area contributed by atoms with Crippen molar-refractivity contribution in [1.82, 2.24) is 0 Å². The van der Waals surface area contributed by atoms with Crippen LogP contribution < -0.4 is 0 Å². The second-order valence-corrected chi connectivity index (χ2v) is 9.49. The summed E-state index contributed by atoms with van der Waals surface area (Å²) in [7, 11) is -10.4. The molecule has 2 aromatic rings. The summed E-state index contributed by atoms with van der Waals surface area (Å²) < 4.78 is 49.0. The molecular weight excluding hydrogens is 336 g/mol. The highest BCUT2D eigenvalue weighted by Gasteiger charge is 2.38. The molecule has 0 saturated heterocycles. The van der Waals surface area contributed by atoms with Gasteiger partial charge in [-0.25, -0.2) is 16.8 Å². The molecule has 0 radical (unpaired) electrons. The van der Waals surface area contributed by atoms with Gasteiger partial charge in [0.25, 0.3) is 17.7 Å². The average Bonchev–Trinajstić information content (AvgIpc) is 2.44. The Bertz CT molecular complexity index is 866. The molecule has 4 N–H and O–H groups in total. The van der Waals surface area contributed by atoms with Gasteiger partial charge in [0.1, 0.15) is 9.79 Å². The molecule has 118 valence electrons. The van der Waals surface area contributed by atoms with E-state index in [-0.39, 0.29) is 0 Å². The number of benzene rings is 2. The van der Waals surface area contributed by atoms with Crippen molar-refractivity contribution in [3.8, 4) is 23.0 Å². The lowest BCUT2D eigenvalue weighted by Gasteiger charge is -2.10. The van der Waals surface area contributed by atoms with Crippen LogP contribution in [0.3, 0.4) is 0 Å². The van der Waals surface area contributed by atoms with Crippen LogP contribution in [-0.2, 0) is 17.7 Å². The van der Waals surface area contributed by atoms with Gasteiger partial charge in [-0.05, 0) is 24.3 Å². The SMILES string of the molecule is O=S(=O)(c1cccc(O)c1O)S(=O)(=O)c1cccc(O)c1O. The van der Waals surface area contributed by atoms with E-state index in [9.17, 15) is 37.3 Å². The summed E-state index contributed by atoms with van der Waals surface area (Å²) in [5.41, 5.74) is 0. The first kappa shape index (κ1) is 15.9. The number of aromatic hydroxyl groups is 4. The lowest BCUT2D eigenvalue weighted by Crippen LogP contribution is -2.16. The molecule has 2 rings (SSSR count). The van der Waals surface area contributed by atoms with E-state index in [2.05, 4.69) is 0 Å². The Morgan fingerprint density at radius 1 is 0.591 bits per heavy atom. The molecule has 0 atom stereocenters. The van der Waals surface area contributed by atoms with Gasteiger partial charge in [-0.15, -0.1) is 0 Å². The Balaban J connectivity index is 2.78. The third-order valence-corrected chi connectivity index (χ3v) is 7.91. The van der Waals surface area contributed by atoms with Gasteiger partial charge in [0, 0.05) is 0 Å². The third-order valence-electron chi connectivity index (χ3n) is 2.78. The number of rotatable bonds is 3. The summed E-state index contributed by atoms with van der Waals surface area (Å²) in [5, 5.41) is 37.7. The highest BCUT2D eigenvalue weighted by atomic mass is 33.2. The van der Waals surface area contributed by atoms with Crippen LogP contribution in [0.4, 0.5) is 0 Å². The van der Waals surface area contributed by atoms with Crippen LogP contribution in [-0.4, -0.2) is 37.3 Å². The molecular formula is C12H10O8S2. The summed E-state index contributed by atoms with van der Waals surface area (Å²) in [5.74, 6) is -3.91. The van der Waals surface area contributed by atoms with Gasteiger partial charge < -0.3 is 20.4 Å². The molecule has 0 unspecified atom stereocenters. The molecule has 0 spiro atoms. The number of phenolic OH excluding ortho intramolecular Hbond substituents is 4. The van der Waals surface area contributed by atoms with Crippen molar-refractivity contribution in [2.45, 2.75) is 9.79 Å². The molecule has 8 nitrogen and oxygen atoms in total. The first-order valence-corrected chi connectivity index (χ1v) is 9.11. The van der Waals surface area contributed by atoms with Crippen LogP contribution in [0, 0.1) is 0 Å². The third kappa shape index (κ3) is 2.22. The van der Waals surface area contributed by atoms with Gasteiger partial charge in [0.15, 0.2) is 23.0 Å². The average molecular weight is 346 g/mol. The van der Waals surface area contributed by atoms with Crippen molar-refractivity contribution in [1.29, 1.82) is 0 Å². The zero-order chi connectivity index (χ0) is 16.7. The minimum Gasteiger partial charge on any atom is -0.504 e. The van der Waals surface area contributed by atoms with Crippen molar-refractivity contribution in [2.75, 3.05) is 0 Å². The molecule has 0 amide bonds. The van der Waals surface area contributed by atoms with E-state index in [4.69, 9.17) is 0 Å². The standard InChI is InChI=1S/C12H10O8S2/c13-7-3-1-5-9(11(7)15)21(17,18)22(19,20)10-6-2-4-8(14)12(10)16/h1-6,13-16H. The monoisotopic (exact) mass is 346 g/mol. The molecule has 0 aromatic heterocycles. The number of para-hydroxylation sites is 2. The molecule has 22 heavy (non-hydrogen) atoms. The number of phenols is 4. The zero-order valence-corrected chi connectivity index (χ0v) is 12.3. The van der Waals surface area contributed by atoms with Gasteiger partial charge in [0.2, 0.25) is 0 Å². The van der Waals surface area contributed by atoms with E-state index in [1.165, 1.54) is 0 Å². The fourth-order valence-corrected chi connectivity index (χ4v) is 5.53. The highest BCUT2D eigenvalue weighted by Crippen LogP contribution is 2.40. The minimum absolute atomic E-state index is 0.780. The van der Waals surface area contributed by atoms with Crippen LogP contribution in [0.2, 0.25) is 0 Å². The minimum atomic E-state index is -5.19. The summed E-state index contributed by atoms with van der Waals surface area (Å²) in [6, 6.07) is 5.54. The molecule has 0 fully saturated rings. The number of hydrogen-bond acceptors (Lipinski definition) is 8. The maximum Gasteiger partial charge on any atom is 0.290 e. The van der Waals surface area contributed by atoms with Crippen LogP contribution in [0.5, 0.6) is 23.0 Å². The Morgan fingerprint density at radius 2 is 0.909 bits per heavy atom. The second-order valence-electron chi connectivity index (χ2n) is 4.16.